The summed E-state index contributed by atoms with van der Waals surface area (Å²) in [5, 5.41) is 0. The van der Waals surface area contributed by atoms with Crippen molar-refractivity contribution in [3.8, 4) is 46.7 Å². The van der Waals surface area contributed by atoms with Crippen LogP contribution in [0.25, 0.3) is 0 Å². The number of hydrogen-bond donors (Lipinski definition) is 0. The molecule has 0 bridgehead atoms. The van der Waals surface area contributed by atoms with Crippen molar-refractivity contribution < 1.29 is 66.7 Å². The number of rotatable bonds is 14. The third-order valence-electron chi connectivity index (χ3n) is 7.77. The summed E-state index contributed by atoms with van der Waals surface area (Å²) < 4.78 is 37.1. The largest absolute Gasteiger partial charge is 0.522 e. The van der Waals surface area contributed by atoms with Crippen LogP contribution in [0.4, 0.5) is 9.59 Å². The molecule has 0 N–H and O–H groups in total. The third-order valence-corrected chi connectivity index (χ3v) is 7.77. The van der Waals surface area contributed by atoms with Crippen LogP contribution in [0.3, 0.4) is 0 Å². The quantitative estimate of drug-likeness (QED) is 0.0288. The maximum atomic E-state index is 13.3. The summed E-state index contributed by atoms with van der Waals surface area (Å²) in [6.45, 7) is 23.4. The number of carbonyl (C=O) groups is 7. The minimum absolute atomic E-state index is 0.00111. The molecule has 0 heterocycles. The molecular formula is C48H44O14. The average Bonchev–Trinajstić information content (AvgIpc) is 3.21. The van der Waals surface area contributed by atoms with E-state index in [-0.39, 0.29) is 81.4 Å². The van der Waals surface area contributed by atoms with Crippen LogP contribution in [0.15, 0.2) is 97.1 Å². The monoisotopic (exact) mass is 844 g/mol. The van der Waals surface area contributed by atoms with Crippen molar-refractivity contribution in [3.63, 3.8) is 0 Å². The second-order valence-electron chi connectivity index (χ2n) is 13.5. The summed E-state index contributed by atoms with van der Waals surface area (Å²) in [6.07, 6.45) is -1.79. The molecule has 0 amide bonds. The zero-order valence-electron chi connectivity index (χ0n) is 35.2. The van der Waals surface area contributed by atoms with Gasteiger partial charge in [-0.1, -0.05) is 82.4 Å². The lowest BCUT2D eigenvalue weighted by Gasteiger charge is -2.21. The van der Waals surface area contributed by atoms with Crippen LogP contribution < -0.4 is 18.9 Å². The highest BCUT2D eigenvalue weighted by molar-refractivity contribution is 5.96. The van der Waals surface area contributed by atoms with Gasteiger partial charge in [0.15, 0.2) is 17.2 Å². The van der Waals surface area contributed by atoms with Crippen LogP contribution in [0, 0.1) is 23.7 Å². The van der Waals surface area contributed by atoms with E-state index in [9.17, 15) is 33.6 Å². The minimum Gasteiger partial charge on any atom is -0.488 e. The van der Waals surface area contributed by atoms with E-state index in [1.54, 1.807) is 24.3 Å². The second kappa shape index (κ2) is 23.0. The first-order valence-electron chi connectivity index (χ1n) is 18.9. The molecular weight excluding hydrogens is 801 g/mol. The molecule has 0 radical (unpaired) electrons. The molecule has 0 aromatic heterocycles. The molecule has 0 atom stereocenters. The van der Waals surface area contributed by atoms with Gasteiger partial charge in [-0.15, -0.1) is 0 Å². The molecule has 14 heteroatoms. The Morgan fingerprint density at radius 2 is 1.00 bits per heavy atom. The van der Waals surface area contributed by atoms with Crippen LogP contribution in [-0.2, 0) is 51.0 Å². The number of hydrogen-bond acceptors (Lipinski definition) is 14. The van der Waals surface area contributed by atoms with Gasteiger partial charge < -0.3 is 33.2 Å². The Bertz CT molecular complexity index is 2460. The molecule has 0 aliphatic heterocycles. The van der Waals surface area contributed by atoms with Crippen molar-refractivity contribution in [2.24, 2.45) is 0 Å². The van der Waals surface area contributed by atoms with Gasteiger partial charge in [0.1, 0.15) is 11.3 Å². The molecule has 0 spiro atoms. The molecule has 0 saturated carbocycles. The summed E-state index contributed by atoms with van der Waals surface area (Å²) in [7, 11) is 0. The molecule has 62 heavy (non-hydrogen) atoms. The summed E-state index contributed by atoms with van der Waals surface area (Å²) in [5.74, 6) is 6.87. The van der Waals surface area contributed by atoms with Gasteiger partial charge in [0.2, 0.25) is 0 Å². The molecule has 0 fully saturated rings. The highest BCUT2D eigenvalue weighted by Gasteiger charge is 2.30. The molecule has 0 saturated heterocycles. The van der Waals surface area contributed by atoms with Crippen molar-refractivity contribution in [1.82, 2.24) is 0 Å². The molecule has 14 nitrogen and oxygen atoms in total. The summed E-state index contributed by atoms with van der Waals surface area (Å²) in [6, 6.07) is 12.2. The fourth-order valence-electron chi connectivity index (χ4n) is 4.72. The maximum absolute atomic E-state index is 13.3. The Balaban J connectivity index is 2.31. The number of ether oxygens (including phenoxy) is 7. The summed E-state index contributed by atoms with van der Waals surface area (Å²) in [5.41, 5.74) is 1.53. The molecule has 0 unspecified atom stereocenters. The Kier molecular flexibility index (Phi) is 17.9. The number of carbonyl (C=O) groups excluding carboxylic acids is 7. The predicted octanol–water partition coefficient (Wildman–Crippen LogP) is 8.13. The van der Waals surface area contributed by atoms with E-state index >= 15 is 0 Å². The molecule has 3 aromatic rings. The smallest absolute Gasteiger partial charge is 0.488 e. The van der Waals surface area contributed by atoms with Gasteiger partial charge in [-0.25, -0.2) is 28.8 Å². The minimum atomic E-state index is -1.45. The highest BCUT2D eigenvalue weighted by Crippen LogP contribution is 2.45. The van der Waals surface area contributed by atoms with Crippen molar-refractivity contribution in [2.75, 3.05) is 6.61 Å². The predicted molar refractivity (Wildman–Crippen MR) is 225 cm³/mol. The lowest BCUT2D eigenvalue weighted by Crippen LogP contribution is -2.19. The first kappa shape index (κ1) is 48.4. The van der Waals surface area contributed by atoms with Gasteiger partial charge in [0.25, 0.3) is 0 Å². The first-order chi connectivity index (χ1) is 29.3. The summed E-state index contributed by atoms with van der Waals surface area (Å²) >= 11 is 0. The van der Waals surface area contributed by atoms with Crippen molar-refractivity contribution in [1.29, 1.82) is 0 Å². The van der Waals surface area contributed by atoms with Gasteiger partial charge in [0.05, 0.1) is 18.6 Å². The molecule has 0 aliphatic carbocycles. The molecule has 3 aromatic carbocycles. The van der Waals surface area contributed by atoms with Crippen molar-refractivity contribution in [3.05, 3.63) is 131 Å². The van der Waals surface area contributed by atoms with E-state index in [0.29, 0.717) is 29.5 Å². The SMILES string of the molecule is C=C(C)C(=O)OC(=O)Cc1ccc(C#Cc2c(OC(=O)OC(=O)C(=C)C)c(CCC)c(C#Cc3ccc(OC(=O)OC(=O)C(=C)C)cc3)c(OCCC)c2OC(=O)C(=C)C)cc1. The van der Waals surface area contributed by atoms with Gasteiger partial charge in [-0.2, -0.15) is 0 Å². The van der Waals surface area contributed by atoms with Crippen LogP contribution in [-0.4, -0.2) is 48.8 Å². The fourth-order valence-corrected chi connectivity index (χ4v) is 4.72. The van der Waals surface area contributed by atoms with Gasteiger partial charge in [0, 0.05) is 39.0 Å². The molecule has 3 rings (SSSR count). The van der Waals surface area contributed by atoms with Gasteiger partial charge in [-0.05, 0) is 82.5 Å². The van der Waals surface area contributed by atoms with Crippen molar-refractivity contribution in [2.45, 2.75) is 67.2 Å². The van der Waals surface area contributed by atoms with E-state index in [2.05, 4.69) is 54.7 Å². The van der Waals surface area contributed by atoms with E-state index in [4.69, 9.17) is 28.4 Å². The third kappa shape index (κ3) is 14.4. The normalized spacial score (nSPS) is 9.90. The number of esters is 5. The Labute approximate surface area is 359 Å². The zero-order chi connectivity index (χ0) is 46.1. The Hall–Kier alpha value is -7.97. The number of benzene rings is 3. The Morgan fingerprint density at radius 1 is 0.516 bits per heavy atom. The molecule has 0 aliphatic rings. The van der Waals surface area contributed by atoms with Crippen LogP contribution in [0.1, 0.15) is 87.8 Å². The van der Waals surface area contributed by atoms with Crippen LogP contribution in [0.5, 0.6) is 23.0 Å². The lowest BCUT2D eigenvalue weighted by atomic mass is 9.95. The lowest BCUT2D eigenvalue weighted by molar-refractivity contribution is -0.156. The Morgan fingerprint density at radius 3 is 1.50 bits per heavy atom. The van der Waals surface area contributed by atoms with E-state index in [0.717, 1.165) is 0 Å². The van der Waals surface area contributed by atoms with Crippen LogP contribution in [0.2, 0.25) is 0 Å². The van der Waals surface area contributed by atoms with Gasteiger partial charge >= 0.3 is 42.2 Å². The van der Waals surface area contributed by atoms with E-state index in [1.807, 2.05) is 13.8 Å². The van der Waals surface area contributed by atoms with E-state index in [1.165, 1.54) is 52.0 Å². The first-order valence-corrected chi connectivity index (χ1v) is 18.9. The second-order valence-corrected chi connectivity index (χ2v) is 13.5. The zero-order valence-corrected chi connectivity index (χ0v) is 35.2. The van der Waals surface area contributed by atoms with Crippen molar-refractivity contribution >= 4 is 42.2 Å². The standard InChI is InChI=1S/C48H44O14/c1-11-13-36-37(24-20-33-18-22-35(23-19-33)57-47(54)61-45(52)30(7)8)41(56-26-12-2)42(59-44(51)29(5)6)38(40(36)60-48(55)62-46(53)31(9)10)25-21-32-14-16-34(17-15-32)27-39(49)58-43(50)28(3)4/h14-19,22-23H,3,5,7,9,11-13,26-27H2,1-2,4,6,8,10H3. The fraction of sp³-hybridized carbons (Fsp3) is 0.229. The topological polar surface area (TPSA) is 184 Å². The van der Waals surface area contributed by atoms with Gasteiger partial charge in [-0.3, -0.25) is 4.79 Å². The summed E-state index contributed by atoms with van der Waals surface area (Å²) in [4.78, 5) is 86.7. The van der Waals surface area contributed by atoms with Crippen LogP contribution >= 0.6 is 0 Å². The molecule has 320 valence electrons. The van der Waals surface area contributed by atoms with E-state index < -0.39 is 42.2 Å². The maximum Gasteiger partial charge on any atom is 0.522 e. The average molecular weight is 845 g/mol. The highest BCUT2D eigenvalue weighted by atomic mass is 16.7.